The molecule has 20 heavy (non-hydrogen) atoms. The third-order valence-electron chi connectivity index (χ3n) is 3.16. The Bertz CT molecular complexity index is 535. The lowest BCUT2D eigenvalue weighted by Crippen LogP contribution is -2.21. The molecule has 0 bridgehead atoms. The molecule has 3 heteroatoms. The molecule has 0 N–H and O–H groups in total. The van der Waals surface area contributed by atoms with Gasteiger partial charge in [-0.05, 0) is 30.2 Å². The van der Waals surface area contributed by atoms with Crippen molar-refractivity contribution in [2.45, 2.75) is 13.5 Å². The first-order valence-electron chi connectivity index (χ1n) is 6.79. The minimum atomic E-state index is 0.919. The second-order valence-electron chi connectivity index (χ2n) is 4.51. The lowest BCUT2D eigenvalue weighted by atomic mass is 10.1. The first-order chi connectivity index (χ1) is 9.83. The molecule has 0 aromatic heterocycles. The van der Waals surface area contributed by atoms with Gasteiger partial charge in [-0.1, -0.05) is 47.6 Å². The molecule has 104 valence electrons. The van der Waals surface area contributed by atoms with Gasteiger partial charge in [0.25, 0.3) is 0 Å². The summed E-state index contributed by atoms with van der Waals surface area (Å²) < 4.78 is 0. The van der Waals surface area contributed by atoms with E-state index in [1.807, 2.05) is 18.2 Å². The van der Waals surface area contributed by atoms with Crippen LogP contribution in [0.15, 0.2) is 59.8 Å². The zero-order chi connectivity index (χ0) is 14.2. The van der Waals surface area contributed by atoms with Gasteiger partial charge in [0, 0.05) is 18.8 Å². The summed E-state index contributed by atoms with van der Waals surface area (Å²) in [5.41, 5.74) is 3.57. The van der Waals surface area contributed by atoms with E-state index < -0.39 is 0 Å². The second kappa shape index (κ2) is 7.34. The summed E-state index contributed by atoms with van der Waals surface area (Å²) in [6.45, 7) is 4.06. The Balaban J connectivity index is 2.09. The summed E-state index contributed by atoms with van der Waals surface area (Å²) in [6, 6.07) is 18.8. The topological polar surface area (TPSA) is 24.8 Å². The Morgan fingerprint density at radius 3 is 2.35 bits per heavy atom. The smallest absolute Gasteiger partial charge is 0.106 e. The number of hydrogen-bond donors (Lipinski definition) is 0. The average molecular weight is 268 g/mol. The molecule has 0 amide bonds. The van der Waals surface area contributed by atoms with Crippen molar-refractivity contribution in [3.63, 3.8) is 0 Å². The molecule has 2 aromatic carbocycles. The Morgan fingerprint density at radius 1 is 1.05 bits per heavy atom. The molecule has 0 heterocycles. The Kier molecular flexibility index (Phi) is 5.18. The fourth-order valence-electron chi connectivity index (χ4n) is 2.07. The van der Waals surface area contributed by atoms with Gasteiger partial charge in [0.05, 0.1) is 6.21 Å². The number of nitrogens with zero attached hydrogens (tertiary/aromatic N) is 2. The summed E-state index contributed by atoms with van der Waals surface area (Å²) in [4.78, 5) is 7.02. The highest BCUT2D eigenvalue weighted by Gasteiger charge is 2.04. The van der Waals surface area contributed by atoms with Crippen molar-refractivity contribution in [3.05, 3.63) is 65.7 Å². The largest absolute Gasteiger partial charge is 0.399 e. The van der Waals surface area contributed by atoms with Crippen molar-refractivity contribution in [2.75, 3.05) is 18.6 Å². The minimum Gasteiger partial charge on any atom is -0.399 e. The molecular weight excluding hydrogens is 248 g/mol. The van der Waals surface area contributed by atoms with E-state index in [1.165, 1.54) is 11.3 Å². The van der Waals surface area contributed by atoms with Gasteiger partial charge in [0.15, 0.2) is 0 Å². The Hall–Kier alpha value is -2.29. The maximum Gasteiger partial charge on any atom is 0.106 e. The average Bonchev–Trinajstić information content (AvgIpc) is 2.52. The highest BCUT2D eigenvalue weighted by atomic mass is 16.6. The van der Waals surface area contributed by atoms with Crippen LogP contribution in [-0.2, 0) is 11.4 Å². The molecule has 0 saturated heterocycles. The van der Waals surface area contributed by atoms with Gasteiger partial charge in [0.2, 0.25) is 0 Å². The molecule has 0 saturated carbocycles. The van der Waals surface area contributed by atoms with Crippen LogP contribution < -0.4 is 4.90 Å². The third kappa shape index (κ3) is 3.85. The lowest BCUT2D eigenvalue weighted by molar-refractivity contribution is 0.215. The first kappa shape index (κ1) is 14.1. The monoisotopic (exact) mass is 268 g/mol. The summed E-state index contributed by atoms with van der Waals surface area (Å²) >= 11 is 0. The van der Waals surface area contributed by atoms with Crippen LogP contribution in [0.4, 0.5) is 5.69 Å². The number of hydrogen-bond acceptors (Lipinski definition) is 3. The summed E-state index contributed by atoms with van der Waals surface area (Å²) in [5, 5.41) is 3.77. The standard InChI is InChI=1S/C17H20N2O/c1-3-19(14-16-7-5-4-6-8-16)17-11-9-15(10-12-17)13-18-20-2/h4-13H,3,14H2,1-2H3. The van der Waals surface area contributed by atoms with Crippen LogP contribution in [0.5, 0.6) is 0 Å². The van der Waals surface area contributed by atoms with Crippen LogP contribution in [0.25, 0.3) is 0 Å². The quantitative estimate of drug-likeness (QED) is 0.589. The molecule has 0 aliphatic rings. The summed E-state index contributed by atoms with van der Waals surface area (Å²) in [6.07, 6.45) is 1.71. The zero-order valence-corrected chi connectivity index (χ0v) is 12.0. The molecule has 0 unspecified atom stereocenters. The van der Waals surface area contributed by atoms with Crippen molar-refractivity contribution in [3.8, 4) is 0 Å². The van der Waals surface area contributed by atoms with Crippen LogP contribution in [0.3, 0.4) is 0 Å². The van der Waals surface area contributed by atoms with Crippen molar-refractivity contribution in [1.29, 1.82) is 0 Å². The van der Waals surface area contributed by atoms with E-state index in [1.54, 1.807) is 13.3 Å². The normalized spacial score (nSPS) is 10.7. The fraction of sp³-hybridized carbons (Fsp3) is 0.235. The van der Waals surface area contributed by atoms with E-state index in [0.29, 0.717) is 0 Å². The highest BCUT2D eigenvalue weighted by molar-refractivity contribution is 5.79. The van der Waals surface area contributed by atoms with Crippen molar-refractivity contribution >= 4 is 11.9 Å². The highest BCUT2D eigenvalue weighted by Crippen LogP contribution is 2.17. The van der Waals surface area contributed by atoms with E-state index in [-0.39, 0.29) is 0 Å². The van der Waals surface area contributed by atoms with Crippen LogP contribution in [-0.4, -0.2) is 19.9 Å². The number of rotatable bonds is 6. The molecule has 2 rings (SSSR count). The molecule has 3 nitrogen and oxygen atoms in total. The summed E-state index contributed by atoms with van der Waals surface area (Å²) in [7, 11) is 1.55. The van der Waals surface area contributed by atoms with Gasteiger partial charge in [-0.3, -0.25) is 0 Å². The molecule has 0 fully saturated rings. The minimum absolute atomic E-state index is 0.919. The Morgan fingerprint density at radius 2 is 1.75 bits per heavy atom. The lowest BCUT2D eigenvalue weighted by Gasteiger charge is -2.23. The van der Waals surface area contributed by atoms with E-state index >= 15 is 0 Å². The molecule has 0 aliphatic heterocycles. The fourth-order valence-corrected chi connectivity index (χ4v) is 2.07. The number of anilines is 1. The summed E-state index contributed by atoms with van der Waals surface area (Å²) in [5.74, 6) is 0. The number of benzene rings is 2. The van der Waals surface area contributed by atoms with E-state index in [0.717, 1.165) is 18.7 Å². The van der Waals surface area contributed by atoms with E-state index in [9.17, 15) is 0 Å². The maximum absolute atomic E-state index is 4.68. The number of oxime groups is 1. The van der Waals surface area contributed by atoms with Crippen LogP contribution in [0, 0.1) is 0 Å². The van der Waals surface area contributed by atoms with Crippen molar-refractivity contribution in [1.82, 2.24) is 0 Å². The van der Waals surface area contributed by atoms with Gasteiger partial charge in [-0.15, -0.1) is 0 Å². The van der Waals surface area contributed by atoms with Crippen LogP contribution in [0.1, 0.15) is 18.1 Å². The maximum atomic E-state index is 4.68. The van der Waals surface area contributed by atoms with Gasteiger partial charge >= 0.3 is 0 Å². The van der Waals surface area contributed by atoms with E-state index in [4.69, 9.17) is 0 Å². The van der Waals surface area contributed by atoms with Gasteiger partial charge in [0.1, 0.15) is 7.11 Å². The predicted molar refractivity (Wildman–Crippen MR) is 84.2 cm³/mol. The van der Waals surface area contributed by atoms with Gasteiger partial charge < -0.3 is 9.74 Å². The first-order valence-corrected chi connectivity index (χ1v) is 6.79. The molecular formula is C17H20N2O. The SMILES string of the molecule is CCN(Cc1ccccc1)c1ccc(C=NOC)cc1. The molecule has 0 aliphatic carbocycles. The second-order valence-corrected chi connectivity index (χ2v) is 4.51. The molecule has 2 aromatic rings. The van der Waals surface area contributed by atoms with Crippen LogP contribution >= 0.6 is 0 Å². The van der Waals surface area contributed by atoms with E-state index in [2.05, 4.69) is 58.2 Å². The third-order valence-corrected chi connectivity index (χ3v) is 3.16. The Labute approximate surface area is 120 Å². The van der Waals surface area contributed by atoms with Gasteiger partial charge in [-0.2, -0.15) is 0 Å². The predicted octanol–water partition coefficient (Wildman–Crippen LogP) is 3.69. The van der Waals surface area contributed by atoms with Crippen LogP contribution in [0.2, 0.25) is 0 Å². The molecule has 0 spiro atoms. The molecule has 0 atom stereocenters. The van der Waals surface area contributed by atoms with Gasteiger partial charge in [-0.25, -0.2) is 0 Å². The zero-order valence-electron chi connectivity index (χ0n) is 12.0. The molecule has 0 radical (unpaired) electrons. The van der Waals surface area contributed by atoms with Crippen molar-refractivity contribution < 1.29 is 4.84 Å². The van der Waals surface area contributed by atoms with Crippen molar-refractivity contribution in [2.24, 2.45) is 5.16 Å².